The standard InChI is InChI=1S/C31H38N2O6S/c1-31-15-14-24-23-11-7-21(34)18-20(23)6-10-25(24)26(31)12-13-28(31)39-30(36)27-3-2-16-33(27)29(35)17-19-4-8-22(9-5-19)40(32,37)38/h4-5,7-9,11,18,24-28,34H,2-3,6,10,12-17H2,1H3,(H2,32,37,38)/t24?,25?,26?,27-,28-,31-/m0/s1. The molecule has 0 radical (unpaired) electrons. The maximum Gasteiger partial charge on any atom is 0.329 e. The Morgan fingerprint density at radius 3 is 2.60 bits per heavy atom. The number of aryl methyl sites for hydroxylation is 1. The summed E-state index contributed by atoms with van der Waals surface area (Å²) in [4.78, 5) is 28.3. The molecule has 2 saturated carbocycles. The third-order valence-electron chi connectivity index (χ3n) is 10.3. The van der Waals surface area contributed by atoms with Crippen LogP contribution in [-0.2, 0) is 37.2 Å². The largest absolute Gasteiger partial charge is 0.508 e. The Hall–Kier alpha value is -2.91. The van der Waals surface area contributed by atoms with E-state index in [4.69, 9.17) is 9.88 Å². The van der Waals surface area contributed by atoms with E-state index in [1.807, 2.05) is 12.1 Å². The zero-order valence-corrected chi connectivity index (χ0v) is 23.7. The summed E-state index contributed by atoms with van der Waals surface area (Å²) < 4.78 is 29.3. The van der Waals surface area contributed by atoms with Crippen LogP contribution in [-0.4, -0.2) is 49.0 Å². The number of carbonyl (C=O) groups excluding carboxylic acids is 2. The highest BCUT2D eigenvalue weighted by Crippen LogP contribution is 2.61. The first-order valence-electron chi connectivity index (χ1n) is 14.5. The molecule has 3 N–H and O–H groups in total. The minimum atomic E-state index is -3.80. The van der Waals surface area contributed by atoms with Gasteiger partial charge in [-0.25, -0.2) is 18.4 Å². The van der Waals surface area contributed by atoms with Gasteiger partial charge < -0.3 is 14.7 Å². The molecule has 0 spiro atoms. The Morgan fingerprint density at radius 1 is 1.07 bits per heavy atom. The van der Waals surface area contributed by atoms with Crippen LogP contribution in [0.4, 0.5) is 0 Å². The van der Waals surface area contributed by atoms with Crippen LogP contribution >= 0.6 is 0 Å². The minimum absolute atomic E-state index is 0.000421. The zero-order chi connectivity index (χ0) is 28.2. The quantitative estimate of drug-likeness (QED) is 0.526. The van der Waals surface area contributed by atoms with Gasteiger partial charge in [0.1, 0.15) is 17.9 Å². The van der Waals surface area contributed by atoms with Gasteiger partial charge in [0.05, 0.1) is 11.3 Å². The highest BCUT2D eigenvalue weighted by molar-refractivity contribution is 7.89. The maximum atomic E-state index is 13.5. The van der Waals surface area contributed by atoms with Crippen LogP contribution in [0.1, 0.15) is 74.5 Å². The van der Waals surface area contributed by atoms with Gasteiger partial charge in [-0.2, -0.15) is 0 Å². The van der Waals surface area contributed by atoms with Crippen LogP contribution in [0.15, 0.2) is 47.4 Å². The van der Waals surface area contributed by atoms with Gasteiger partial charge in [0.25, 0.3) is 0 Å². The van der Waals surface area contributed by atoms with Crippen LogP contribution in [0, 0.1) is 17.3 Å². The molecule has 2 aromatic rings. The summed E-state index contributed by atoms with van der Waals surface area (Å²) in [5.74, 6) is 1.43. The predicted octanol–water partition coefficient (Wildman–Crippen LogP) is 4.04. The summed E-state index contributed by atoms with van der Waals surface area (Å²) >= 11 is 0. The van der Waals surface area contributed by atoms with Crippen LogP contribution < -0.4 is 5.14 Å². The van der Waals surface area contributed by atoms with Crippen LogP contribution in [0.3, 0.4) is 0 Å². The average Bonchev–Trinajstić information content (AvgIpc) is 3.53. The Labute approximate surface area is 235 Å². The number of fused-ring (bicyclic) bond motifs is 5. The van der Waals surface area contributed by atoms with E-state index >= 15 is 0 Å². The highest BCUT2D eigenvalue weighted by Gasteiger charge is 2.56. The van der Waals surface area contributed by atoms with E-state index in [1.54, 1.807) is 17.0 Å². The molecular weight excluding hydrogens is 528 g/mol. The summed E-state index contributed by atoms with van der Waals surface area (Å²) in [5, 5.41) is 15.1. The summed E-state index contributed by atoms with van der Waals surface area (Å²) in [6.07, 6.45) is 7.32. The van der Waals surface area contributed by atoms with Gasteiger partial charge in [-0.1, -0.05) is 25.1 Å². The number of hydrogen-bond acceptors (Lipinski definition) is 6. The van der Waals surface area contributed by atoms with Crippen molar-refractivity contribution in [1.82, 2.24) is 4.90 Å². The highest BCUT2D eigenvalue weighted by atomic mass is 32.2. The molecule has 4 aliphatic rings. The SMILES string of the molecule is C[C@]12CCC3c4ccc(O)cc4CCC3C1CC[C@@H]2OC(=O)[C@@H]1CCCN1C(=O)Cc1ccc(S(N)(=O)=O)cc1. The Balaban J connectivity index is 1.11. The Morgan fingerprint density at radius 2 is 1.85 bits per heavy atom. The molecule has 3 unspecified atom stereocenters. The molecule has 9 heteroatoms. The Bertz CT molecular complexity index is 1420. The first kappa shape index (κ1) is 27.3. The van der Waals surface area contributed by atoms with Crippen molar-refractivity contribution < 1.29 is 27.9 Å². The van der Waals surface area contributed by atoms with Crippen LogP contribution in [0.2, 0.25) is 0 Å². The number of phenols is 1. The lowest BCUT2D eigenvalue weighted by molar-refractivity contribution is -0.165. The first-order valence-corrected chi connectivity index (χ1v) is 16.0. The molecule has 6 rings (SSSR count). The van der Waals surface area contributed by atoms with Crippen molar-refractivity contribution in [3.05, 3.63) is 59.2 Å². The van der Waals surface area contributed by atoms with Gasteiger partial charge in [0.2, 0.25) is 15.9 Å². The lowest BCUT2D eigenvalue weighted by atomic mass is 9.55. The van der Waals surface area contributed by atoms with E-state index in [2.05, 4.69) is 13.0 Å². The number of amides is 1. The number of nitrogens with two attached hydrogens (primary N) is 1. The molecule has 6 atom stereocenters. The number of rotatable bonds is 5. The molecule has 1 saturated heterocycles. The molecule has 3 aliphatic carbocycles. The monoisotopic (exact) mass is 566 g/mol. The third kappa shape index (κ3) is 4.81. The van der Waals surface area contributed by atoms with Crippen molar-refractivity contribution in [2.24, 2.45) is 22.4 Å². The molecule has 3 fully saturated rings. The predicted molar refractivity (Wildman–Crippen MR) is 149 cm³/mol. The van der Waals surface area contributed by atoms with Gasteiger partial charge in [0, 0.05) is 12.0 Å². The zero-order valence-electron chi connectivity index (χ0n) is 22.9. The minimum Gasteiger partial charge on any atom is -0.508 e. The van der Waals surface area contributed by atoms with Gasteiger partial charge in [-0.3, -0.25) is 4.79 Å². The van der Waals surface area contributed by atoms with Gasteiger partial charge in [0.15, 0.2) is 0 Å². The summed E-state index contributed by atoms with van der Waals surface area (Å²) in [7, 11) is -3.80. The maximum absolute atomic E-state index is 13.5. The van der Waals surface area contributed by atoms with Crippen molar-refractivity contribution in [3.63, 3.8) is 0 Å². The number of likely N-dealkylation sites (tertiary alicyclic amines) is 1. The van der Waals surface area contributed by atoms with Gasteiger partial charge >= 0.3 is 5.97 Å². The fourth-order valence-corrected chi connectivity index (χ4v) is 8.83. The van der Waals surface area contributed by atoms with E-state index in [1.165, 1.54) is 23.3 Å². The number of hydrogen-bond donors (Lipinski definition) is 2. The third-order valence-corrected chi connectivity index (χ3v) is 11.3. The van der Waals surface area contributed by atoms with Crippen molar-refractivity contribution >= 4 is 21.9 Å². The lowest BCUT2D eigenvalue weighted by Crippen LogP contribution is -2.48. The van der Waals surface area contributed by atoms with Crippen molar-refractivity contribution in [1.29, 1.82) is 0 Å². The van der Waals surface area contributed by atoms with E-state index < -0.39 is 16.1 Å². The number of sulfonamides is 1. The molecular formula is C31H38N2O6S. The number of primary sulfonamides is 1. The number of carbonyl (C=O) groups is 2. The van der Waals surface area contributed by atoms with Gasteiger partial charge in [-0.15, -0.1) is 0 Å². The van der Waals surface area contributed by atoms with Crippen LogP contribution in [0.25, 0.3) is 0 Å². The molecule has 2 aromatic carbocycles. The lowest BCUT2D eigenvalue weighted by Gasteiger charge is -2.50. The summed E-state index contributed by atoms with van der Waals surface area (Å²) in [6, 6.07) is 11.2. The van der Waals surface area contributed by atoms with E-state index in [0.29, 0.717) is 42.0 Å². The normalized spacial score (nSPS) is 31.2. The molecule has 1 amide bonds. The van der Waals surface area contributed by atoms with Crippen molar-refractivity contribution in [2.75, 3.05) is 6.54 Å². The fourth-order valence-electron chi connectivity index (χ4n) is 8.32. The van der Waals surface area contributed by atoms with E-state index in [0.717, 1.165) is 44.9 Å². The number of esters is 1. The molecule has 40 heavy (non-hydrogen) atoms. The number of aromatic hydroxyl groups is 1. The summed E-state index contributed by atoms with van der Waals surface area (Å²) in [6.45, 7) is 2.81. The topological polar surface area (TPSA) is 127 Å². The fraction of sp³-hybridized carbons (Fsp3) is 0.548. The number of benzene rings is 2. The first-order chi connectivity index (χ1) is 19.0. The molecule has 0 bridgehead atoms. The second-order valence-electron chi connectivity index (χ2n) is 12.5. The molecule has 8 nitrogen and oxygen atoms in total. The summed E-state index contributed by atoms with van der Waals surface area (Å²) in [5.41, 5.74) is 3.26. The number of ether oxygens (including phenoxy) is 1. The number of phenolic OH excluding ortho intramolecular Hbond substituents is 1. The molecule has 0 aromatic heterocycles. The average molecular weight is 567 g/mol. The van der Waals surface area contributed by atoms with Crippen LogP contribution in [0.5, 0.6) is 5.75 Å². The van der Waals surface area contributed by atoms with Gasteiger partial charge in [-0.05, 0) is 110 Å². The molecule has 214 valence electrons. The van der Waals surface area contributed by atoms with Crippen molar-refractivity contribution in [2.45, 2.75) is 87.7 Å². The van der Waals surface area contributed by atoms with Crippen molar-refractivity contribution in [3.8, 4) is 5.75 Å². The smallest absolute Gasteiger partial charge is 0.329 e. The second-order valence-corrected chi connectivity index (χ2v) is 14.0. The van der Waals surface area contributed by atoms with E-state index in [9.17, 15) is 23.1 Å². The molecule has 1 heterocycles. The number of nitrogens with zero attached hydrogens (tertiary/aromatic N) is 1. The second kappa shape index (κ2) is 10.2. The molecule has 1 aliphatic heterocycles. The van der Waals surface area contributed by atoms with E-state index in [-0.39, 0.29) is 34.7 Å². The Kier molecular flexibility index (Phi) is 6.94.